The number of rotatable bonds is 38. The number of hydrogen-bond acceptors (Lipinski definition) is 20. The topological polar surface area (TPSA) is 273 Å². The highest BCUT2D eigenvalue weighted by atomic mass is 17.1. The second-order valence-electron chi connectivity index (χ2n) is 10.1. The van der Waals surface area contributed by atoms with E-state index in [4.69, 9.17) is 68.5 Å². The first-order valence-corrected chi connectivity index (χ1v) is 15.2. The van der Waals surface area contributed by atoms with Gasteiger partial charge in [-0.1, -0.05) is 0 Å². The predicted octanol–water partition coefficient (Wildman–Crippen LogP) is -2.97. The third kappa shape index (κ3) is 25.8. The molecule has 0 fully saturated rings. The minimum atomic E-state index is -1.10. The molecule has 0 heterocycles. The Hall–Kier alpha value is -0.800. The largest absolute Gasteiger partial charge is 0.394 e. The van der Waals surface area contributed by atoms with Crippen molar-refractivity contribution in [3.05, 3.63) is 0 Å². The van der Waals surface area contributed by atoms with Gasteiger partial charge in [0.15, 0.2) is 0 Å². The van der Waals surface area contributed by atoms with Crippen LogP contribution < -0.4 is 0 Å². The van der Waals surface area contributed by atoms with Crippen LogP contribution in [0.15, 0.2) is 0 Å². The smallest absolute Gasteiger partial charge is 0.142 e. The fourth-order valence-electron chi connectivity index (χ4n) is 3.74. The van der Waals surface area contributed by atoms with Gasteiger partial charge < -0.3 is 68.2 Å². The van der Waals surface area contributed by atoms with Crippen molar-refractivity contribution in [3.63, 3.8) is 0 Å². The summed E-state index contributed by atoms with van der Waals surface area (Å²) in [6, 6.07) is 0. The lowest BCUT2D eigenvalue weighted by Crippen LogP contribution is -2.45. The Kier molecular flexibility index (Phi) is 33.1. The molecule has 0 amide bonds. The lowest BCUT2D eigenvalue weighted by Gasteiger charge is -2.34. The SMILES string of the molecule is OCCOCC(COCC(COCC(COO)OO)(COCC(COCCO)OCCO)COCC(COCCO)OCCO)OO. The quantitative estimate of drug-likeness (QED) is 0.0181. The van der Waals surface area contributed by atoms with E-state index >= 15 is 0 Å². The van der Waals surface area contributed by atoms with Gasteiger partial charge in [-0.3, -0.25) is 15.8 Å². The molecule has 8 N–H and O–H groups in total. The summed E-state index contributed by atoms with van der Waals surface area (Å²) < 4.78 is 50.7. The molecule has 0 radical (unpaired) electrons. The molecular weight excluding hydrogens is 644 g/mol. The Morgan fingerprint density at radius 2 is 0.660 bits per heavy atom. The molecular formula is C27H56O20. The van der Waals surface area contributed by atoms with E-state index in [9.17, 15) is 15.5 Å². The maximum atomic E-state index is 9.27. The monoisotopic (exact) mass is 700 g/mol. The molecule has 0 rings (SSSR count). The van der Waals surface area contributed by atoms with Crippen LogP contribution >= 0.6 is 0 Å². The van der Waals surface area contributed by atoms with E-state index in [1.54, 1.807) is 0 Å². The van der Waals surface area contributed by atoms with E-state index in [0.29, 0.717) is 0 Å². The first-order valence-electron chi connectivity index (χ1n) is 15.2. The first kappa shape index (κ1) is 46.2. The van der Waals surface area contributed by atoms with Gasteiger partial charge in [0, 0.05) is 0 Å². The molecule has 0 aromatic carbocycles. The second-order valence-corrected chi connectivity index (χ2v) is 10.1. The third-order valence-electron chi connectivity index (χ3n) is 5.91. The second kappa shape index (κ2) is 33.7. The van der Waals surface area contributed by atoms with Crippen molar-refractivity contribution < 1.29 is 98.6 Å². The van der Waals surface area contributed by atoms with Gasteiger partial charge in [-0.15, -0.1) is 0 Å². The zero-order chi connectivity index (χ0) is 34.9. The van der Waals surface area contributed by atoms with Gasteiger partial charge in [-0.2, -0.15) is 0 Å². The number of hydrogen-bond donors (Lipinski definition) is 8. The standard InChI is InChI=1S/C27H56O20/c28-1-6-36-11-23(43-9-4-31)13-39-19-27(22-42-17-26(47-35)18-45-33,21-41-16-25(46-34)15-38-8-3-30)20-40-14-24(44-10-5-32)12-37-7-2-29/h23-26,28-35H,1-22H2. The molecule has 0 aliphatic heterocycles. The highest BCUT2D eigenvalue weighted by Crippen LogP contribution is 2.22. The lowest BCUT2D eigenvalue weighted by molar-refractivity contribution is -0.333. The molecule has 20 nitrogen and oxygen atoms in total. The lowest BCUT2D eigenvalue weighted by atomic mass is 9.92. The van der Waals surface area contributed by atoms with E-state index in [0.717, 1.165) is 0 Å². The molecule has 0 aliphatic rings. The van der Waals surface area contributed by atoms with Crippen LogP contribution in [-0.4, -0.2) is 211 Å². The molecule has 284 valence electrons. The number of ether oxygens (including phenoxy) is 9. The van der Waals surface area contributed by atoms with Gasteiger partial charge in [0.2, 0.25) is 0 Å². The van der Waals surface area contributed by atoms with Crippen LogP contribution in [-0.2, 0) is 57.3 Å². The fraction of sp³-hybridized carbons (Fsp3) is 1.00. The van der Waals surface area contributed by atoms with Crippen molar-refractivity contribution in [2.45, 2.75) is 24.4 Å². The molecule has 0 aromatic rings. The Balaban J connectivity index is 5.88. The van der Waals surface area contributed by atoms with E-state index in [-0.39, 0.29) is 139 Å². The summed E-state index contributed by atoms with van der Waals surface area (Å²) in [7, 11) is 0. The van der Waals surface area contributed by atoms with Crippen LogP contribution in [0.2, 0.25) is 0 Å². The number of aliphatic hydroxyl groups is 5. The van der Waals surface area contributed by atoms with Crippen molar-refractivity contribution in [3.8, 4) is 0 Å². The summed E-state index contributed by atoms with van der Waals surface area (Å²) in [5.74, 6) is 0. The van der Waals surface area contributed by atoms with Crippen LogP contribution in [0.25, 0.3) is 0 Å². The Morgan fingerprint density at radius 1 is 0.362 bits per heavy atom. The van der Waals surface area contributed by atoms with Crippen molar-refractivity contribution in [1.82, 2.24) is 0 Å². The molecule has 4 atom stereocenters. The summed E-state index contributed by atoms with van der Waals surface area (Å²) in [6.45, 7) is -2.06. The minimum absolute atomic E-state index is 0.0114. The summed E-state index contributed by atoms with van der Waals surface area (Å²) in [5, 5.41) is 72.5. The maximum absolute atomic E-state index is 9.27. The molecule has 0 aliphatic carbocycles. The zero-order valence-corrected chi connectivity index (χ0v) is 26.8. The summed E-state index contributed by atoms with van der Waals surface area (Å²) >= 11 is 0. The molecule has 0 aromatic heterocycles. The molecule has 0 spiro atoms. The highest BCUT2D eigenvalue weighted by molar-refractivity contribution is 4.81. The van der Waals surface area contributed by atoms with Gasteiger partial charge in [-0.25, -0.2) is 14.7 Å². The van der Waals surface area contributed by atoms with E-state index in [1.165, 1.54) is 0 Å². The van der Waals surface area contributed by atoms with Crippen molar-refractivity contribution in [2.24, 2.45) is 5.41 Å². The Labute approximate surface area is 274 Å². The minimum Gasteiger partial charge on any atom is -0.394 e. The molecule has 0 saturated carbocycles. The van der Waals surface area contributed by atoms with E-state index in [1.807, 2.05) is 0 Å². The third-order valence-corrected chi connectivity index (χ3v) is 5.91. The molecule has 0 saturated heterocycles. The van der Waals surface area contributed by atoms with Gasteiger partial charge in [0.25, 0.3) is 0 Å². The van der Waals surface area contributed by atoms with Crippen molar-refractivity contribution in [2.75, 3.05) is 145 Å². The van der Waals surface area contributed by atoms with Gasteiger partial charge >= 0.3 is 0 Å². The van der Waals surface area contributed by atoms with Gasteiger partial charge in [0.1, 0.15) is 31.0 Å². The summed E-state index contributed by atoms with van der Waals surface area (Å²) in [4.78, 5) is 12.7. The van der Waals surface area contributed by atoms with Crippen LogP contribution in [0.5, 0.6) is 0 Å². The normalized spacial score (nSPS) is 15.8. The zero-order valence-electron chi connectivity index (χ0n) is 26.8. The predicted molar refractivity (Wildman–Crippen MR) is 157 cm³/mol. The first-order chi connectivity index (χ1) is 23.0. The molecule has 0 bridgehead atoms. The average molecular weight is 701 g/mol. The summed E-state index contributed by atoms with van der Waals surface area (Å²) in [5.41, 5.74) is -1.10. The van der Waals surface area contributed by atoms with Crippen LogP contribution in [0, 0.1) is 5.41 Å². The van der Waals surface area contributed by atoms with Crippen LogP contribution in [0.4, 0.5) is 0 Å². The Bertz CT molecular complexity index is 609. The maximum Gasteiger partial charge on any atom is 0.142 e. The van der Waals surface area contributed by atoms with E-state index in [2.05, 4.69) is 14.7 Å². The van der Waals surface area contributed by atoms with Crippen molar-refractivity contribution in [1.29, 1.82) is 0 Å². The van der Waals surface area contributed by atoms with Crippen LogP contribution in [0.3, 0.4) is 0 Å². The Morgan fingerprint density at radius 3 is 0.979 bits per heavy atom. The van der Waals surface area contributed by atoms with Crippen LogP contribution in [0.1, 0.15) is 0 Å². The average Bonchev–Trinajstić information content (AvgIpc) is 3.08. The van der Waals surface area contributed by atoms with Gasteiger partial charge in [0.05, 0.1) is 144 Å². The summed E-state index contributed by atoms with van der Waals surface area (Å²) in [6.07, 6.45) is -3.18. The fourth-order valence-corrected chi connectivity index (χ4v) is 3.74. The van der Waals surface area contributed by atoms with Gasteiger partial charge in [-0.05, 0) is 0 Å². The van der Waals surface area contributed by atoms with E-state index < -0.39 is 36.4 Å². The molecule has 20 heteroatoms. The van der Waals surface area contributed by atoms with Crippen molar-refractivity contribution >= 4 is 0 Å². The molecule has 47 heavy (non-hydrogen) atoms. The highest BCUT2D eigenvalue weighted by Gasteiger charge is 2.34. The molecule has 4 unspecified atom stereocenters. The number of aliphatic hydroxyl groups excluding tert-OH is 5.